The molecular weight excluding hydrogens is 324 g/mol. The van der Waals surface area contributed by atoms with Crippen molar-refractivity contribution < 1.29 is 19.1 Å². The topological polar surface area (TPSA) is 108 Å². The summed E-state index contributed by atoms with van der Waals surface area (Å²) >= 11 is 0. The molecule has 0 radical (unpaired) electrons. The Morgan fingerprint density at radius 2 is 1.92 bits per heavy atom. The Morgan fingerprint density at radius 1 is 1.24 bits per heavy atom. The van der Waals surface area contributed by atoms with E-state index in [4.69, 9.17) is 15.2 Å². The number of methoxy groups -OCH3 is 2. The number of hydrogen-bond donors (Lipinski definition) is 2. The number of nitrogens with two attached hydrogens (primary N) is 1. The molecule has 0 fully saturated rings. The minimum absolute atomic E-state index is 0.164. The number of carbonyl (C=O) groups excluding carboxylic acids is 2. The molecule has 0 atom stereocenters. The second-order valence-corrected chi connectivity index (χ2v) is 5.43. The summed E-state index contributed by atoms with van der Waals surface area (Å²) in [5, 5.41) is 7.04. The Labute approximate surface area is 145 Å². The van der Waals surface area contributed by atoms with Crippen LogP contribution in [0.25, 0.3) is 0 Å². The van der Waals surface area contributed by atoms with Crippen molar-refractivity contribution in [1.82, 2.24) is 9.78 Å². The molecule has 0 spiro atoms. The van der Waals surface area contributed by atoms with Gasteiger partial charge in [-0.2, -0.15) is 5.10 Å². The van der Waals surface area contributed by atoms with Gasteiger partial charge < -0.3 is 20.5 Å². The van der Waals surface area contributed by atoms with Crippen LogP contribution in [-0.4, -0.2) is 35.8 Å². The van der Waals surface area contributed by atoms with Crippen LogP contribution in [0.1, 0.15) is 39.9 Å². The first kappa shape index (κ1) is 18.3. The Kier molecular flexibility index (Phi) is 5.63. The summed E-state index contributed by atoms with van der Waals surface area (Å²) in [6.45, 7) is 1.98. The third-order valence-electron chi connectivity index (χ3n) is 3.72. The molecule has 2 amide bonds. The van der Waals surface area contributed by atoms with Crippen LogP contribution in [0.15, 0.2) is 18.2 Å². The SMILES string of the molecule is CCCc1nn(C)c(C(N)=O)c1NC(=O)c1ccc(OC)c(OC)c1. The number of aryl methyl sites for hydroxylation is 2. The number of nitrogens with zero attached hydrogens (tertiary/aromatic N) is 2. The van der Waals surface area contributed by atoms with Crippen molar-refractivity contribution in [3.8, 4) is 11.5 Å². The van der Waals surface area contributed by atoms with Crippen molar-refractivity contribution in [2.75, 3.05) is 19.5 Å². The van der Waals surface area contributed by atoms with Crippen LogP contribution in [0.4, 0.5) is 5.69 Å². The Morgan fingerprint density at radius 3 is 2.48 bits per heavy atom. The number of primary amides is 1. The predicted octanol–water partition coefficient (Wildman–Crippen LogP) is 1.74. The molecule has 0 bridgehead atoms. The van der Waals surface area contributed by atoms with Crippen molar-refractivity contribution in [2.24, 2.45) is 12.8 Å². The highest BCUT2D eigenvalue weighted by molar-refractivity contribution is 6.08. The molecule has 134 valence electrons. The van der Waals surface area contributed by atoms with Crippen LogP contribution in [-0.2, 0) is 13.5 Å². The molecule has 0 unspecified atom stereocenters. The van der Waals surface area contributed by atoms with E-state index in [9.17, 15) is 9.59 Å². The van der Waals surface area contributed by atoms with E-state index in [0.717, 1.165) is 6.42 Å². The van der Waals surface area contributed by atoms with Gasteiger partial charge in [0.2, 0.25) is 0 Å². The summed E-state index contributed by atoms with van der Waals surface area (Å²) in [6, 6.07) is 4.81. The van der Waals surface area contributed by atoms with Crippen molar-refractivity contribution in [2.45, 2.75) is 19.8 Å². The van der Waals surface area contributed by atoms with Crippen molar-refractivity contribution >= 4 is 17.5 Å². The van der Waals surface area contributed by atoms with Crippen LogP contribution in [0.5, 0.6) is 11.5 Å². The van der Waals surface area contributed by atoms with Gasteiger partial charge in [-0.15, -0.1) is 0 Å². The van der Waals surface area contributed by atoms with Crippen LogP contribution in [0.3, 0.4) is 0 Å². The number of ether oxygens (including phenoxy) is 2. The zero-order chi connectivity index (χ0) is 18.6. The Balaban J connectivity index is 2.39. The highest BCUT2D eigenvalue weighted by Crippen LogP contribution is 2.28. The van der Waals surface area contributed by atoms with Gasteiger partial charge >= 0.3 is 0 Å². The van der Waals surface area contributed by atoms with Crippen molar-refractivity contribution in [3.05, 3.63) is 35.2 Å². The van der Waals surface area contributed by atoms with Gasteiger partial charge in [-0.05, 0) is 24.6 Å². The van der Waals surface area contributed by atoms with Gasteiger partial charge in [-0.1, -0.05) is 13.3 Å². The third kappa shape index (κ3) is 3.73. The molecule has 2 aromatic rings. The monoisotopic (exact) mass is 346 g/mol. The first-order valence-corrected chi connectivity index (χ1v) is 7.81. The predicted molar refractivity (Wildman–Crippen MR) is 93.2 cm³/mol. The average Bonchev–Trinajstić information content (AvgIpc) is 2.89. The molecule has 1 heterocycles. The van der Waals surface area contributed by atoms with Crippen molar-refractivity contribution in [1.29, 1.82) is 0 Å². The van der Waals surface area contributed by atoms with E-state index in [1.165, 1.54) is 18.9 Å². The maximum atomic E-state index is 12.6. The molecule has 0 saturated heterocycles. The summed E-state index contributed by atoms with van der Waals surface area (Å²) < 4.78 is 11.8. The zero-order valence-electron chi connectivity index (χ0n) is 14.8. The lowest BCUT2D eigenvalue weighted by Crippen LogP contribution is -2.20. The maximum Gasteiger partial charge on any atom is 0.269 e. The Hall–Kier alpha value is -3.03. The van der Waals surface area contributed by atoms with Gasteiger partial charge in [0.25, 0.3) is 11.8 Å². The fourth-order valence-electron chi connectivity index (χ4n) is 2.57. The number of carbonyl (C=O) groups is 2. The molecule has 1 aromatic carbocycles. The highest BCUT2D eigenvalue weighted by Gasteiger charge is 2.22. The molecule has 0 aliphatic carbocycles. The molecular formula is C17H22N4O4. The van der Waals surface area contributed by atoms with Crippen LogP contribution in [0, 0.1) is 0 Å². The summed E-state index contributed by atoms with van der Waals surface area (Å²) in [5.74, 6) is -0.0936. The van der Waals surface area contributed by atoms with Crippen LogP contribution >= 0.6 is 0 Å². The maximum absolute atomic E-state index is 12.6. The quantitative estimate of drug-likeness (QED) is 0.794. The molecule has 0 aliphatic heterocycles. The summed E-state index contributed by atoms with van der Waals surface area (Å²) in [6.07, 6.45) is 1.43. The van der Waals surface area contributed by atoms with E-state index >= 15 is 0 Å². The van der Waals surface area contributed by atoms with E-state index < -0.39 is 11.8 Å². The lowest BCUT2D eigenvalue weighted by Gasteiger charge is -2.11. The lowest BCUT2D eigenvalue weighted by atomic mass is 10.1. The molecule has 8 heteroatoms. The first-order valence-electron chi connectivity index (χ1n) is 7.81. The van der Waals surface area contributed by atoms with Gasteiger partial charge in [0, 0.05) is 12.6 Å². The number of hydrogen-bond acceptors (Lipinski definition) is 5. The van der Waals surface area contributed by atoms with Gasteiger partial charge in [-0.3, -0.25) is 14.3 Å². The fraction of sp³-hybridized carbons (Fsp3) is 0.353. The molecule has 3 N–H and O–H groups in total. The number of rotatable bonds is 7. The smallest absolute Gasteiger partial charge is 0.269 e. The molecule has 2 rings (SSSR count). The molecule has 0 saturated carbocycles. The third-order valence-corrected chi connectivity index (χ3v) is 3.72. The summed E-state index contributed by atoms with van der Waals surface area (Å²) in [5.41, 5.74) is 6.92. The van der Waals surface area contributed by atoms with E-state index in [-0.39, 0.29) is 5.69 Å². The number of amides is 2. The van der Waals surface area contributed by atoms with Crippen LogP contribution < -0.4 is 20.5 Å². The largest absolute Gasteiger partial charge is 0.493 e. The molecule has 1 aromatic heterocycles. The zero-order valence-corrected chi connectivity index (χ0v) is 14.8. The molecule has 8 nitrogen and oxygen atoms in total. The second-order valence-electron chi connectivity index (χ2n) is 5.43. The fourth-order valence-corrected chi connectivity index (χ4v) is 2.57. The van der Waals surface area contributed by atoms with Gasteiger partial charge in [0.15, 0.2) is 11.5 Å². The van der Waals surface area contributed by atoms with Crippen LogP contribution in [0.2, 0.25) is 0 Å². The lowest BCUT2D eigenvalue weighted by molar-refractivity contribution is 0.0992. The van der Waals surface area contributed by atoms with Gasteiger partial charge in [0.05, 0.1) is 25.6 Å². The molecule has 25 heavy (non-hydrogen) atoms. The molecule has 0 aliphatic rings. The average molecular weight is 346 g/mol. The highest BCUT2D eigenvalue weighted by atomic mass is 16.5. The first-order chi connectivity index (χ1) is 11.9. The Bertz CT molecular complexity index is 798. The minimum Gasteiger partial charge on any atom is -0.493 e. The number of benzene rings is 1. The van der Waals surface area contributed by atoms with Crippen molar-refractivity contribution in [3.63, 3.8) is 0 Å². The normalized spacial score (nSPS) is 10.4. The van der Waals surface area contributed by atoms with Gasteiger partial charge in [-0.25, -0.2) is 0 Å². The standard InChI is InChI=1S/C17H22N4O4/c1-5-6-11-14(15(16(18)22)21(2)20-11)19-17(23)10-7-8-12(24-3)13(9-10)25-4/h7-9H,5-6H2,1-4H3,(H2,18,22)(H,19,23). The number of nitrogens with one attached hydrogen (secondary N) is 1. The van der Waals surface area contributed by atoms with E-state index in [0.29, 0.717) is 34.9 Å². The van der Waals surface area contributed by atoms with Gasteiger partial charge in [0.1, 0.15) is 5.69 Å². The number of anilines is 1. The van der Waals surface area contributed by atoms with E-state index in [2.05, 4.69) is 10.4 Å². The number of aromatic nitrogens is 2. The summed E-state index contributed by atoms with van der Waals surface area (Å²) in [7, 11) is 4.62. The van der Waals surface area contributed by atoms with E-state index in [1.807, 2.05) is 6.92 Å². The summed E-state index contributed by atoms with van der Waals surface area (Å²) in [4.78, 5) is 24.4. The minimum atomic E-state index is -0.653. The second kappa shape index (κ2) is 7.69. The van der Waals surface area contributed by atoms with E-state index in [1.54, 1.807) is 25.2 Å².